The highest BCUT2D eigenvalue weighted by atomic mass is 16.6. The Kier molecular flexibility index (Phi) is 4.80. The van der Waals surface area contributed by atoms with Crippen LogP contribution in [0.1, 0.15) is 41.5 Å². The van der Waals surface area contributed by atoms with Crippen molar-refractivity contribution in [2.45, 2.75) is 26.4 Å². The Labute approximate surface area is 117 Å². The van der Waals surface area contributed by atoms with Crippen molar-refractivity contribution in [1.82, 2.24) is 0 Å². The summed E-state index contributed by atoms with van der Waals surface area (Å²) in [6, 6.07) is 6.84. The van der Waals surface area contributed by atoms with E-state index in [9.17, 15) is 14.4 Å². The van der Waals surface area contributed by atoms with Gasteiger partial charge in [0.25, 0.3) is 0 Å². The second-order valence-corrected chi connectivity index (χ2v) is 5.14. The van der Waals surface area contributed by atoms with Gasteiger partial charge in [-0.2, -0.15) is 0 Å². The third kappa shape index (κ3) is 4.68. The lowest BCUT2D eigenvalue weighted by Crippen LogP contribution is -2.27. The lowest BCUT2D eigenvalue weighted by Gasteiger charge is -2.16. The summed E-state index contributed by atoms with van der Waals surface area (Å²) in [6.45, 7) is 5.28. The molecular formula is C15H17NO4. The van der Waals surface area contributed by atoms with E-state index in [-0.39, 0.29) is 11.6 Å². The molecule has 0 atom stereocenters. The van der Waals surface area contributed by atoms with Gasteiger partial charge in [-0.1, -0.05) is 24.3 Å². The first kappa shape index (κ1) is 15.6. The van der Waals surface area contributed by atoms with Crippen LogP contribution in [0, 0.1) is 0 Å². The van der Waals surface area contributed by atoms with Crippen molar-refractivity contribution in [2.24, 2.45) is 5.73 Å². The maximum absolute atomic E-state index is 11.2. The number of rotatable bonds is 0. The highest BCUT2D eigenvalue weighted by molar-refractivity contribution is 6.21. The molecular weight excluding hydrogens is 258 g/mol. The predicted octanol–water partition coefficient (Wildman–Crippen LogP) is 2.50. The SMILES string of the molecule is CC(C)(C)OC(N)=O.O=C1C=CC(=O)c2ccccc21. The number of primary amides is 1. The Morgan fingerprint density at radius 3 is 1.65 bits per heavy atom. The van der Waals surface area contributed by atoms with E-state index in [0.29, 0.717) is 11.1 Å². The molecule has 20 heavy (non-hydrogen) atoms. The van der Waals surface area contributed by atoms with Crippen molar-refractivity contribution < 1.29 is 19.1 Å². The van der Waals surface area contributed by atoms with Gasteiger partial charge < -0.3 is 10.5 Å². The summed E-state index contributed by atoms with van der Waals surface area (Å²) in [4.78, 5) is 32.4. The molecule has 2 N–H and O–H groups in total. The molecule has 1 aromatic carbocycles. The van der Waals surface area contributed by atoms with Crippen LogP contribution in [0.2, 0.25) is 0 Å². The van der Waals surface area contributed by atoms with Gasteiger partial charge in [-0.15, -0.1) is 0 Å². The summed E-state index contributed by atoms with van der Waals surface area (Å²) >= 11 is 0. The highest BCUT2D eigenvalue weighted by Crippen LogP contribution is 2.15. The van der Waals surface area contributed by atoms with E-state index >= 15 is 0 Å². The fourth-order valence-electron chi connectivity index (χ4n) is 1.55. The molecule has 1 aromatic rings. The monoisotopic (exact) mass is 275 g/mol. The standard InChI is InChI=1S/C10H6O2.C5H11NO2/c11-9-5-6-10(12)8-4-2-1-3-7(8)9;1-5(2,3)8-4(6)7/h1-6H;1-3H3,(H2,6,7). The Morgan fingerprint density at radius 2 is 1.40 bits per heavy atom. The van der Waals surface area contributed by atoms with Gasteiger partial charge in [-0.3, -0.25) is 9.59 Å². The smallest absolute Gasteiger partial charge is 0.405 e. The molecule has 2 rings (SSSR count). The van der Waals surface area contributed by atoms with Crippen molar-refractivity contribution in [1.29, 1.82) is 0 Å². The summed E-state index contributed by atoms with van der Waals surface area (Å²) in [6.07, 6.45) is 1.90. The number of hydrogen-bond acceptors (Lipinski definition) is 4. The van der Waals surface area contributed by atoms with Gasteiger partial charge in [-0.25, -0.2) is 4.79 Å². The topological polar surface area (TPSA) is 86.5 Å². The first-order valence-corrected chi connectivity index (χ1v) is 6.05. The van der Waals surface area contributed by atoms with E-state index in [2.05, 4.69) is 4.74 Å². The minimum Gasteiger partial charge on any atom is -0.444 e. The quantitative estimate of drug-likeness (QED) is 0.788. The second-order valence-electron chi connectivity index (χ2n) is 5.14. The minimum absolute atomic E-state index is 0.0924. The number of ether oxygens (including phenoxy) is 1. The highest BCUT2D eigenvalue weighted by Gasteiger charge is 2.17. The zero-order chi connectivity index (χ0) is 15.3. The van der Waals surface area contributed by atoms with Gasteiger partial charge in [0.05, 0.1) is 0 Å². The second kappa shape index (κ2) is 6.14. The molecule has 0 spiro atoms. The first-order valence-electron chi connectivity index (χ1n) is 6.05. The van der Waals surface area contributed by atoms with Crippen LogP contribution in [0.3, 0.4) is 0 Å². The molecule has 5 heteroatoms. The van der Waals surface area contributed by atoms with E-state index in [1.165, 1.54) is 12.2 Å². The number of carbonyl (C=O) groups excluding carboxylic acids is 3. The molecule has 0 bridgehead atoms. The van der Waals surface area contributed by atoms with Crippen LogP contribution in [-0.4, -0.2) is 23.3 Å². The van der Waals surface area contributed by atoms with Crippen molar-refractivity contribution in [3.05, 3.63) is 47.5 Å². The number of fused-ring (bicyclic) bond motifs is 1. The summed E-state index contributed by atoms with van der Waals surface area (Å²) in [5.41, 5.74) is 5.27. The number of amides is 1. The zero-order valence-electron chi connectivity index (χ0n) is 11.7. The summed E-state index contributed by atoms with van der Waals surface area (Å²) in [5.74, 6) is -0.185. The molecule has 0 heterocycles. The van der Waals surface area contributed by atoms with E-state index in [0.717, 1.165) is 0 Å². The largest absolute Gasteiger partial charge is 0.444 e. The number of nitrogens with two attached hydrogens (primary N) is 1. The molecule has 0 aromatic heterocycles. The molecule has 1 aliphatic rings. The van der Waals surface area contributed by atoms with Crippen molar-refractivity contribution >= 4 is 17.7 Å². The molecule has 0 aliphatic heterocycles. The Balaban J connectivity index is 0.000000221. The molecule has 0 radical (unpaired) electrons. The summed E-state index contributed by atoms with van der Waals surface area (Å²) in [5, 5.41) is 0. The fraction of sp³-hybridized carbons (Fsp3) is 0.267. The number of ketones is 2. The van der Waals surface area contributed by atoms with Crippen molar-refractivity contribution in [2.75, 3.05) is 0 Å². The van der Waals surface area contributed by atoms with Crippen LogP contribution in [0.5, 0.6) is 0 Å². The van der Waals surface area contributed by atoms with E-state index < -0.39 is 11.7 Å². The summed E-state index contributed by atoms with van der Waals surface area (Å²) in [7, 11) is 0. The van der Waals surface area contributed by atoms with E-state index in [1.54, 1.807) is 45.0 Å². The molecule has 0 saturated carbocycles. The maximum atomic E-state index is 11.2. The van der Waals surface area contributed by atoms with E-state index in [1.807, 2.05) is 0 Å². The Morgan fingerprint density at radius 1 is 1.00 bits per heavy atom. The van der Waals surface area contributed by atoms with Crippen molar-refractivity contribution in [3.63, 3.8) is 0 Å². The molecule has 106 valence electrons. The lowest BCUT2D eigenvalue weighted by molar-refractivity contribution is 0.0599. The van der Waals surface area contributed by atoms with Crippen LogP contribution in [-0.2, 0) is 4.74 Å². The Hall–Kier alpha value is -2.43. The zero-order valence-corrected chi connectivity index (χ0v) is 11.7. The van der Waals surface area contributed by atoms with Crippen LogP contribution in [0.4, 0.5) is 4.79 Å². The van der Waals surface area contributed by atoms with Gasteiger partial charge in [0.1, 0.15) is 5.60 Å². The molecule has 5 nitrogen and oxygen atoms in total. The van der Waals surface area contributed by atoms with Crippen LogP contribution < -0.4 is 5.73 Å². The van der Waals surface area contributed by atoms with Crippen LogP contribution in [0.15, 0.2) is 36.4 Å². The number of hydrogen-bond donors (Lipinski definition) is 1. The molecule has 0 fully saturated rings. The van der Waals surface area contributed by atoms with Gasteiger partial charge >= 0.3 is 6.09 Å². The average Bonchev–Trinajstić information content (AvgIpc) is 2.32. The fourth-order valence-corrected chi connectivity index (χ4v) is 1.55. The third-order valence-corrected chi connectivity index (χ3v) is 2.25. The molecule has 1 amide bonds. The first-order chi connectivity index (χ1) is 9.20. The summed E-state index contributed by atoms with van der Waals surface area (Å²) < 4.78 is 4.58. The van der Waals surface area contributed by atoms with Crippen LogP contribution in [0.25, 0.3) is 0 Å². The molecule has 0 saturated heterocycles. The Bertz CT molecular complexity index is 530. The van der Waals surface area contributed by atoms with Gasteiger partial charge in [-0.05, 0) is 32.9 Å². The van der Waals surface area contributed by atoms with E-state index in [4.69, 9.17) is 5.73 Å². The number of allylic oxidation sites excluding steroid dienone is 2. The normalized spacial score (nSPS) is 13.2. The maximum Gasteiger partial charge on any atom is 0.405 e. The lowest BCUT2D eigenvalue weighted by atomic mass is 9.95. The van der Waals surface area contributed by atoms with Gasteiger partial charge in [0.2, 0.25) is 0 Å². The third-order valence-electron chi connectivity index (χ3n) is 2.25. The van der Waals surface area contributed by atoms with Gasteiger partial charge in [0.15, 0.2) is 11.6 Å². The average molecular weight is 275 g/mol. The molecule has 1 aliphatic carbocycles. The van der Waals surface area contributed by atoms with Crippen molar-refractivity contribution in [3.8, 4) is 0 Å². The van der Waals surface area contributed by atoms with Crippen LogP contribution >= 0.6 is 0 Å². The minimum atomic E-state index is -0.725. The number of carbonyl (C=O) groups is 3. The molecule has 0 unspecified atom stereocenters. The number of benzene rings is 1. The predicted molar refractivity (Wildman–Crippen MR) is 74.7 cm³/mol. The van der Waals surface area contributed by atoms with Gasteiger partial charge in [0, 0.05) is 11.1 Å².